The van der Waals surface area contributed by atoms with Gasteiger partial charge in [0, 0.05) is 0 Å². The van der Waals surface area contributed by atoms with Crippen LogP contribution < -0.4 is 0 Å². The lowest BCUT2D eigenvalue weighted by Crippen LogP contribution is -2.27. The molecule has 0 aromatic heterocycles. The van der Waals surface area contributed by atoms with E-state index < -0.39 is 24.4 Å². The van der Waals surface area contributed by atoms with Gasteiger partial charge in [0.1, 0.15) is 19.3 Å². The largest absolute Gasteiger partial charge is 0.509 e. The first-order valence-corrected chi connectivity index (χ1v) is 10.8. The number of rotatable bonds is 17. The molecule has 0 saturated heterocycles. The Bertz CT molecular complexity index is 467. The molecule has 2 atom stereocenters. The standard InChI is InChI=1S/C21H38O9/c1-5-7-9-10-11-17(3)29-20(23)27-15-13-25-14-16-28-21(24)30-18(4)19(22)26-12-8-6-2/h17-18H,5-16H2,1-4H3/t17-,18-/m1/s1. The third-order valence-electron chi connectivity index (χ3n) is 4.00. The Labute approximate surface area is 179 Å². The summed E-state index contributed by atoms with van der Waals surface area (Å²) < 4.78 is 29.8. The van der Waals surface area contributed by atoms with Gasteiger partial charge >= 0.3 is 18.3 Å². The highest BCUT2D eigenvalue weighted by molar-refractivity contribution is 5.76. The molecule has 0 saturated carbocycles. The highest BCUT2D eigenvalue weighted by Crippen LogP contribution is 2.08. The lowest BCUT2D eigenvalue weighted by atomic mass is 10.1. The van der Waals surface area contributed by atoms with Crippen LogP contribution in [0.2, 0.25) is 0 Å². The van der Waals surface area contributed by atoms with Crippen LogP contribution in [0.15, 0.2) is 0 Å². The Balaban J connectivity index is 3.62. The number of ether oxygens (including phenoxy) is 6. The Morgan fingerprint density at radius 1 is 0.667 bits per heavy atom. The molecule has 0 amide bonds. The molecule has 0 spiro atoms. The summed E-state index contributed by atoms with van der Waals surface area (Å²) >= 11 is 0. The molecule has 30 heavy (non-hydrogen) atoms. The maximum absolute atomic E-state index is 11.6. The van der Waals surface area contributed by atoms with Crippen molar-refractivity contribution in [1.82, 2.24) is 0 Å². The second-order valence-electron chi connectivity index (χ2n) is 6.87. The van der Waals surface area contributed by atoms with E-state index in [0.29, 0.717) is 6.61 Å². The van der Waals surface area contributed by atoms with Gasteiger partial charge in [-0.2, -0.15) is 0 Å². The molecule has 0 aromatic carbocycles. The average molecular weight is 435 g/mol. The van der Waals surface area contributed by atoms with Gasteiger partial charge in [-0.25, -0.2) is 14.4 Å². The average Bonchev–Trinajstić information content (AvgIpc) is 2.70. The minimum atomic E-state index is -1.04. The first-order valence-electron chi connectivity index (χ1n) is 10.8. The van der Waals surface area contributed by atoms with E-state index in [9.17, 15) is 14.4 Å². The van der Waals surface area contributed by atoms with E-state index in [2.05, 4.69) is 6.92 Å². The van der Waals surface area contributed by atoms with Crippen molar-refractivity contribution in [3.63, 3.8) is 0 Å². The molecule has 0 rings (SSSR count). The van der Waals surface area contributed by atoms with Crippen LogP contribution >= 0.6 is 0 Å². The summed E-state index contributed by atoms with van der Waals surface area (Å²) in [6.45, 7) is 7.87. The SMILES string of the molecule is CCCCCC[C@@H](C)OC(=O)OCCOCCOC(=O)O[C@H](C)C(=O)OCCCC. The van der Waals surface area contributed by atoms with Gasteiger partial charge in [0.25, 0.3) is 0 Å². The molecule has 0 radical (unpaired) electrons. The smallest absolute Gasteiger partial charge is 0.463 e. The van der Waals surface area contributed by atoms with Crippen LogP contribution in [-0.4, -0.2) is 63.5 Å². The molecular formula is C21H38O9. The highest BCUT2D eigenvalue weighted by Gasteiger charge is 2.20. The molecule has 0 aliphatic carbocycles. The molecule has 9 heteroatoms. The summed E-state index contributed by atoms with van der Waals surface area (Å²) in [5.41, 5.74) is 0. The van der Waals surface area contributed by atoms with E-state index >= 15 is 0 Å². The summed E-state index contributed by atoms with van der Waals surface area (Å²) in [5, 5.41) is 0. The van der Waals surface area contributed by atoms with Crippen molar-refractivity contribution < 1.29 is 42.8 Å². The van der Waals surface area contributed by atoms with Gasteiger partial charge < -0.3 is 28.4 Å². The van der Waals surface area contributed by atoms with Crippen LogP contribution in [0.5, 0.6) is 0 Å². The minimum Gasteiger partial charge on any atom is -0.463 e. The van der Waals surface area contributed by atoms with E-state index in [0.717, 1.165) is 38.5 Å². The number of hydrogen-bond donors (Lipinski definition) is 0. The zero-order chi connectivity index (χ0) is 22.6. The fourth-order valence-corrected chi connectivity index (χ4v) is 2.25. The third kappa shape index (κ3) is 16.9. The van der Waals surface area contributed by atoms with Gasteiger partial charge in [-0.3, -0.25) is 0 Å². The van der Waals surface area contributed by atoms with Crippen LogP contribution in [0.4, 0.5) is 9.59 Å². The van der Waals surface area contributed by atoms with Crippen molar-refractivity contribution in [3.8, 4) is 0 Å². The van der Waals surface area contributed by atoms with E-state index in [1.54, 1.807) is 0 Å². The first-order chi connectivity index (χ1) is 14.4. The van der Waals surface area contributed by atoms with Gasteiger partial charge in [0.2, 0.25) is 0 Å². The molecule has 0 bridgehead atoms. The molecule has 0 fully saturated rings. The predicted molar refractivity (Wildman–Crippen MR) is 109 cm³/mol. The van der Waals surface area contributed by atoms with Crippen LogP contribution in [0.3, 0.4) is 0 Å². The highest BCUT2D eigenvalue weighted by atomic mass is 16.7. The molecule has 0 aromatic rings. The zero-order valence-electron chi connectivity index (χ0n) is 18.8. The summed E-state index contributed by atoms with van der Waals surface area (Å²) in [5.74, 6) is -0.615. The van der Waals surface area contributed by atoms with E-state index in [4.69, 9.17) is 28.4 Å². The van der Waals surface area contributed by atoms with Gasteiger partial charge in [0.15, 0.2) is 6.10 Å². The van der Waals surface area contributed by atoms with Crippen molar-refractivity contribution in [2.75, 3.05) is 33.0 Å². The van der Waals surface area contributed by atoms with Crippen molar-refractivity contribution in [2.24, 2.45) is 0 Å². The van der Waals surface area contributed by atoms with E-state index in [1.165, 1.54) is 13.3 Å². The molecule has 0 heterocycles. The number of unbranched alkanes of at least 4 members (excludes halogenated alkanes) is 4. The second-order valence-corrected chi connectivity index (χ2v) is 6.87. The molecule has 0 N–H and O–H groups in total. The second kappa shape index (κ2) is 19.0. The summed E-state index contributed by atoms with van der Waals surface area (Å²) in [6.07, 6.45) is 4.04. The van der Waals surface area contributed by atoms with Crippen molar-refractivity contribution in [2.45, 2.75) is 84.8 Å². The van der Waals surface area contributed by atoms with Gasteiger partial charge in [-0.15, -0.1) is 0 Å². The summed E-state index contributed by atoms with van der Waals surface area (Å²) in [7, 11) is 0. The molecule has 176 valence electrons. The quantitative estimate of drug-likeness (QED) is 0.187. The van der Waals surface area contributed by atoms with Crippen LogP contribution in [0.25, 0.3) is 0 Å². The normalized spacial score (nSPS) is 12.5. The number of esters is 1. The lowest BCUT2D eigenvalue weighted by Gasteiger charge is -2.13. The van der Waals surface area contributed by atoms with Crippen LogP contribution in [0, 0.1) is 0 Å². The number of carbonyl (C=O) groups is 3. The Morgan fingerprint density at radius 2 is 1.27 bits per heavy atom. The Morgan fingerprint density at radius 3 is 1.87 bits per heavy atom. The Kier molecular flexibility index (Phi) is 17.7. The lowest BCUT2D eigenvalue weighted by molar-refractivity contribution is -0.154. The van der Waals surface area contributed by atoms with E-state index in [1.807, 2.05) is 13.8 Å². The first kappa shape index (κ1) is 28.0. The maximum Gasteiger partial charge on any atom is 0.509 e. The fourth-order valence-electron chi connectivity index (χ4n) is 2.25. The summed E-state index contributed by atoms with van der Waals surface area (Å²) in [4.78, 5) is 34.6. The zero-order valence-corrected chi connectivity index (χ0v) is 18.8. The van der Waals surface area contributed by atoms with Gasteiger partial charge in [0.05, 0.1) is 19.8 Å². The maximum atomic E-state index is 11.6. The molecule has 9 nitrogen and oxygen atoms in total. The number of hydrogen-bond acceptors (Lipinski definition) is 9. The summed E-state index contributed by atoms with van der Waals surface area (Å²) in [6, 6.07) is 0. The van der Waals surface area contributed by atoms with Crippen molar-refractivity contribution >= 4 is 18.3 Å². The fraction of sp³-hybridized carbons (Fsp3) is 0.857. The molecule has 0 unspecified atom stereocenters. The van der Waals surface area contributed by atoms with Gasteiger partial charge in [-0.1, -0.05) is 39.5 Å². The van der Waals surface area contributed by atoms with E-state index in [-0.39, 0.29) is 32.5 Å². The van der Waals surface area contributed by atoms with Crippen molar-refractivity contribution in [3.05, 3.63) is 0 Å². The van der Waals surface area contributed by atoms with Gasteiger partial charge in [-0.05, 0) is 33.1 Å². The number of carbonyl (C=O) groups excluding carboxylic acids is 3. The minimum absolute atomic E-state index is 0.0342. The van der Waals surface area contributed by atoms with Crippen LogP contribution in [0.1, 0.15) is 72.6 Å². The van der Waals surface area contributed by atoms with Crippen molar-refractivity contribution in [1.29, 1.82) is 0 Å². The topological polar surface area (TPSA) is 107 Å². The third-order valence-corrected chi connectivity index (χ3v) is 4.00. The Hall–Kier alpha value is -2.03. The monoisotopic (exact) mass is 434 g/mol. The molecule has 0 aliphatic rings. The predicted octanol–water partition coefficient (Wildman–Crippen LogP) is 4.40. The molecule has 0 aliphatic heterocycles. The van der Waals surface area contributed by atoms with Crippen LogP contribution in [-0.2, 0) is 33.2 Å². The molecular weight excluding hydrogens is 396 g/mol.